The summed E-state index contributed by atoms with van der Waals surface area (Å²) in [5, 5.41) is 4.60. The molecular formula is C23H26F3N7O2. The van der Waals surface area contributed by atoms with Gasteiger partial charge in [0.25, 0.3) is 5.88 Å². The van der Waals surface area contributed by atoms with E-state index in [0.717, 1.165) is 50.8 Å². The zero-order chi connectivity index (χ0) is 24.2. The zero-order valence-corrected chi connectivity index (χ0v) is 19.3. The van der Waals surface area contributed by atoms with Crippen LogP contribution in [0.2, 0.25) is 0 Å². The lowest BCUT2D eigenvalue weighted by Crippen LogP contribution is -2.57. The average molecular weight is 490 g/mol. The Labute approximate surface area is 199 Å². The van der Waals surface area contributed by atoms with Crippen LogP contribution >= 0.6 is 0 Å². The van der Waals surface area contributed by atoms with Crippen molar-refractivity contribution in [1.29, 1.82) is 0 Å². The average Bonchev–Trinajstić information content (AvgIpc) is 3.45. The van der Waals surface area contributed by atoms with E-state index in [0.29, 0.717) is 42.4 Å². The van der Waals surface area contributed by atoms with Crippen molar-refractivity contribution in [2.24, 2.45) is 5.41 Å². The number of alkyl halides is 3. The van der Waals surface area contributed by atoms with Crippen molar-refractivity contribution in [3.05, 3.63) is 30.2 Å². The lowest BCUT2D eigenvalue weighted by atomic mass is 9.79. The summed E-state index contributed by atoms with van der Waals surface area (Å²) in [6, 6.07) is 2.85. The highest BCUT2D eigenvalue weighted by atomic mass is 19.4. The third-order valence-electron chi connectivity index (χ3n) is 7.25. The largest absolute Gasteiger partial charge is 0.478 e. The van der Waals surface area contributed by atoms with Crippen molar-refractivity contribution in [2.45, 2.75) is 31.5 Å². The van der Waals surface area contributed by atoms with Crippen molar-refractivity contribution in [3.8, 4) is 5.88 Å². The number of nitrogens with zero attached hydrogens (tertiary/aromatic N) is 7. The van der Waals surface area contributed by atoms with Gasteiger partial charge in [-0.1, -0.05) is 0 Å². The number of hydrogen-bond acceptors (Lipinski definition) is 8. The highest BCUT2D eigenvalue weighted by molar-refractivity contribution is 5.78. The Balaban J connectivity index is 1.20. The highest BCUT2D eigenvalue weighted by Crippen LogP contribution is 2.43. The number of methoxy groups -OCH3 is 1. The van der Waals surface area contributed by atoms with Gasteiger partial charge in [0, 0.05) is 50.1 Å². The van der Waals surface area contributed by atoms with Crippen molar-refractivity contribution < 1.29 is 22.6 Å². The summed E-state index contributed by atoms with van der Waals surface area (Å²) in [7, 11) is 1.58. The molecule has 9 nitrogen and oxygen atoms in total. The number of rotatable bonds is 4. The molecule has 3 saturated heterocycles. The fraction of sp³-hybridized carbons (Fsp3) is 0.565. The Morgan fingerprint density at radius 1 is 1.17 bits per heavy atom. The molecule has 0 aromatic carbocycles. The highest BCUT2D eigenvalue weighted by Gasteiger charge is 2.48. The summed E-state index contributed by atoms with van der Waals surface area (Å²) >= 11 is 0. The molecule has 0 bridgehead atoms. The zero-order valence-electron chi connectivity index (χ0n) is 19.3. The van der Waals surface area contributed by atoms with Gasteiger partial charge in [0.05, 0.1) is 26.0 Å². The topological polar surface area (TPSA) is 81.4 Å². The molecule has 3 aliphatic heterocycles. The van der Waals surface area contributed by atoms with Crippen LogP contribution in [0.5, 0.6) is 5.88 Å². The van der Waals surface area contributed by atoms with Gasteiger partial charge in [-0.15, -0.1) is 5.10 Å². The summed E-state index contributed by atoms with van der Waals surface area (Å²) in [6.07, 6.45) is 1.40. The second-order valence-corrected chi connectivity index (χ2v) is 9.65. The van der Waals surface area contributed by atoms with Crippen LogP contribution < -0.4 is 14.5 Å². The maximum absolute atomic E-state index is 13.0. The first kappa shape index (κ1) is 22.3. The maximum Gasteiger partial charge on any atom is 0.433 e. The minimum Gasteiger partial charge on any atom is -0.478 e. The van der Waals surface area contributed by atoms with Gasteiger partial charge in [-0.25, -0.2) is 14.6 Å². The van der Waals surface area contributed by atoms with Gasteiger partial charge >= 0.3 is 6.18 Å². The van der Waals surface area contributed by atoms with Crippen molar-refractivity contribution >= 4 is 22.7 Å². The second-order valence-electron chi connectivity index (χ2n) is 9.65. The minimum absolute atomic E-state index is 0.0213. The summed E-state index contributed by atoms with van der Waals surface area (Å²) < 4.78 is 52.1. The number of halogens is 3. The van der Waals surface area contributed by atoms with Gasteiger partial charge in [-0.2, -0.15) is 13.2 Å². The van der Waals surface area contributed by atoms with E-state index in [1.165, 1.54) is 6.20 Å². The number of aromatic nitrogens is 5. The molecule has 186 valence electrons. The first-order valence-corrected chi connectivity index (χ1v) is 11.8. The van der Waals surface area contributed by atoms with Crippen LogP contribution in [0.4, 0.5) is 24.7 Å². The third-order valence-corrected chi connectivity index (χ3v) is 7.25. The molecule has 0 aliphatic carbocycles. The number of ether oxygens (including phenoxy) is 2. The van der Waals surface area contributed by atoms with Crippen LogP contribution in [0.3, 0.4) is 0 Å². The van der Waals surface area contributed by atoms with Crippen LogP contribution in [0, 0.1) is 5.41 Å². The van der Waals surface area contributed by atoms with E-state index in [1.54, 1.807) is 19.4 Å². The van der Waals surface area contributed by atoms with Gasteiger partial charge in [-0.05, 0) is 31.4 Å². The molecule has 0 amide bonds. The molecule has 6 rings (SSSR count). The molecule has 0 N–H and O–H groups in total. The van der Waals surface area contributed by atoms with Crippen LogP contribution in [-0.2, 0) is 10.9 Å². The Kier molecular flexibility index (Phi) is 5.24. The fourth-order valence-electron chi connectivity index (χ4n) is 5.44. The van der Waals surface area contributed by atoms with Crippen LogP contribution in [0.1, 0.15) is 31.0 Å². The molecule has 1 atom stereocenters. The first-order chi connectivity index (χ1) is 16.9. The summed E-state index contributed by atoms with van der Waals surface area (Å²) in [5.41, 5.74) is 1.03. The number of hydrogen-bond donors (Lipinski definition) is 0. The lowest BCUT2D eigenvalue weighted by molar-refractivity contribution is -0.141. The van der Waals surface area contributed by atoms with E-state index >= 15 is 0 Å². The van der Waals surface area contributed by atoms with E-state index in [1.807, 2.05) is 9.58 Å². The smallest absolute Gasteiger partial charge is 0.433 e. The Bertz CT molecular complexity index is 1240. The van der Waals surface area contributed by atoms with Gasteiger partial charge in [0.15, 0.2) is 11.2 Å². The maximum atomic E-state index is 13.0. The van der Waals surface area contributed by atoms with Crippen LogP contribution in [0.15, 0.2) is 24.5 Å². The quantitative estimate of drug-likeness (QED) is 0.552. The molecule has 35 heavy (non-hydrogen) atoms. The molecule has 0 saturated carbocycles. The van der Waals surface area contributed by atoms with E-state index in [2.05, 4.69) is 20.0 Å². The molecule has 6 heterocycles. The predicted octanol–water partition coefficient (Wildman–Crippen LogP) is 3.32. The molecular weight excluding hydrogens is 463 g/mol. The van der Waals surface area contributed by atoms with E-state index < -0.39 is 11.9 Å². The molecule has 3 aromatic rings. The van der Waals surface area contributed by atoms with Gasteiger partial charge < -0.3 is 19.3 Å². The van der Waals surface area contributed by atoms with Crippen LogP contribution in [0.25, 0.3) is 11.2 Å². The van der Waals surface area contributed by atoms with E-state index in [9.17, 15) is 13.2 Å². The molecule has 0 radical (unpaired) electrons. The molecule has 3 aliphatic rings. The molecule has 3 aromatic heterocycles. The van der Waals surface area contributed by atoms with Crippen molar-refractivity contribution in [2.75, 3.05) is 56.3 Å². The molecule has 12 heteroatoms. The number of pyridine rings is 1. The minimum atomic E-state index is -4.45. The molecule has 1 spiro atoms. The first-order valence-electron chi connectivity index (χ1n) is 11.8. The summed E-state index contributed by atoms with van der Waals surface area (Å²) in [6.45, 7) is 4.33. The Hall–Kier alpha value is -3.15. The predicted molar refractivity (Wildman–Crippen MR) is 122 cm³/mol. The SMILES string of the molecule is COc1nn(C2CCCOC2)c2nc(N3CCC4(CN(c5ccnc(C(F)(F)F)c5)C4)C3)cnc12. The van der Waals surface area contributed by atoms with Crippen LogP contribution in [-0.4, -0.2) is 71.2 Å². The van der Waals surface area contributed by atoms with E-state index in [-0.39, 0.29) is 11.5 Å². The van der Waals surface area contributed by atoms with Crippen molar-refractivity contribution in [3.63, 3.8) is 0 Å². The number of anilines is 2. The number of fused-ring (bicyclic) bond motifs is 1. The molecule has 3 fully saturated rings. The lowest BCUT2D eigenvalue weighted by Gasteiger charge is -2.49. The van der Waals surface area contributed by atoms with Gasteiger partial charge in [0.2, 0.25) is 0 Å². The van der Waals surface area contributed by atoms with Gasteiger partial charge in [-0.3, -0.25) is 4.98 Å². The summed E-state index contributed by atoms with van der Waals surface area (Å²) in [4.78, 5) is 17.2. The second kappa shape index (κ2) is 8.21. The standard InChI is InChI=1S/C23H26F3N7O2/c1-34-21-19-20(33(30-21)16-3-2-8-35-11-16)29-18(10-28-19)31-7-5-22(12-31)13-32(14-22)15-4-6-27-17(9-15)23(24,25)26/h4,6,9-10,16H,2-3,5,7-8,11-14H2,1H3. The summed E-state index contributed by atoms with van der Waals surface area (Å²) in [5.74, 6) is 1.23. The Morgan fingerprint density at radius 2 is 2.00 bits per heavy atom. The fourth-order valence-corrected chi connectivity index (χ4v) is 5.44. The monoisotopic (exact) mass is 489 g/mol. The van der Waals surface area contributed by atoms with Crippen molar-refractivity contribution in [1.82, 2.24) is 24.7 Å². The van der Waals surface area contributed by atoms with E-state index in [4.69, 9.17) is 14.5 Å². The normalized spacial score (nSPS) is 22.1. The Morgan fingerprint density at radius 3 is 2.74 bits per heavy atom. The molecule has 1 unspecified atom stereocenters. The third kappa shape index (κ3) is 3.93. The van der Waals surface area contributed by atoms with Gasteiger partial charge in [0.1, 0.15) is 11.5 Å².